The van der Waals surface area contributed by atoms with Gasteiger partial charge in [0.2, 0.25) is 10.0 Å². The maximum atomic E-state index is 11.7. The summed E-state index contributed by atoms with van der Waals surface area (Å²) in [6, 6.07) is 0. The Balaban J connectivity index is 3.85. The summed E-state index contributed by atoms with van der Waals surface area (Å²) >= 11 is 0. The van der Waals surface area contributed by atoms with Crippen molar-refractivity contribution in [2.75, 3.05) is 5.75 Å². The van der Waals surface area contributed by atoms with E-state index in [-0.39, 0.29) is 11.3 Å². The summed E-state index contributed by atoms with van der Waals surface area (Å²) in [5.41, 5.74) is -0.383. The van der Waals surface area contributed by atoms with Gasteiger partial charge >= 0.3 is 0 Å². The zero-order chi connectivity index (χ0) is 13.5. The van der Waals surface area contributed by atoms with E-state index < -0.39 is 10.0 Å². The van der Waals surface area contributed by atoms with Gasteiger partial charge in [-0.25, -0.2) is 13.1 Å². The van der Waals surface area contributed by atoms with Crippen molar-refractivity contribution in [2.24, 2.45) is 5.92 Å². The lowest BCUT2D eigenvalue weighted by molar-refractivity contribution is 0.490. The lowest BCUT2D eigenvalue weighted by Crippen LogP contribution is -2.41. The number of sulfonamides is 1. The number of unbranched alkanes of at least 4 members (excludes halogenated alkanes) is 1. The minimum Gasteiger partial charge on any atom is -0.212 e. The maximum absolute atomic E-state index is 11.7. The van der Waals surface area contributed by atoms with E-state index in [4.69, 9.17) is 0 Å². The van der Waals surface area contributed by atoms with Crippen molar-refractivity contribution in [1.82, 2.24) is 4.72 Å². The molecule has 1 N–H and O–H groups in total. The number of allylic oxidation sites excluding steroid dienone is 2. The second kappa shape index (κ2) is 7.17. The van der Waals surface area contributed by atoms with E-state index in [0.717, 1.165) is 12.8 Å². The number of hydrogen-bond acceptors (Lipinski definition) is 2. The van der Waals surface area contributed by atoms with Gasteiger partial charge in [0.15, 0.2) is 0 Å². The van der Waals surface area contributed by atoms with Crippen LogP contribution in [0.3, 0.4) is 0 Å². The Labute approximate surface area is 107 Å². The van der Waals surface area contributed by atoms with Gasteiger partial charge in [0.05, 0.1) is 5.75 Å². The summed E-state index contributed by atoms with van der Waals surface area (Å²) in [6.45, 7) is 9.90. The van der Waals surface area contributed by atoms with Gasteiger partial charge in [-0.05, 0) is 46.0 Å². The van der Waals surface area contributed by atoms with Crippen LogP contribution in [0.25, 0.3) is 0 Å². The Hall–Kier alpha value is -0.350. The number of nitrogens with one attached hydrogen (secondary N) is 1. The van der Waals surface area contributed by atoms with Gasteiger partial charge < -0.3 is 0 Å². The molecule has 0 amide bonds. The van der Waals surface area contributed by atoms with Gasteiger partial charge in [0.1, 0.15) is 0 Å². The Morgan fingerprint density at radius 1 is 1.18 bits per heavy atom. The molecule has 0 saturated carbocycles. The molecule has 0 aromatic carbocycles. The summed E-state index contributed by atoms with van der Waals surface area (Å²) in [6.07, 6.45) is 6.78. The summed E-state index contributed by atoms with van der Waals surface area (Å²) in [5, 5.41) is 0. The first-order chi connectivity index (χ1) is 7.62. The average molecular weight is 261 g/mol. The van der Waals surface area contributed by atoms with E-state index in [2.05, 4.69) is 30.7 Å². The van der Waals surface area contributed by atoms with Crippen LogP contribution in [0.4, 0.5) is 0 Å². The van der Waals surface area contributed by atoms with Gasteiger partial charge in [-0.3, -0.25) is 0 Å². The molecule has 0 spiro atoms. The van der Waals surface area contributed by atoms with Crippen LogP contribution in [0.5, 0.6) is 0 Å². The van der Waals surface area contributed by atoms with Gasteiger partial charge in [-0.15, -0.1) is 0 Å². The van der Waals surface area contributed by atoms with Gasteiger partial charge in [-0.2, -0.15) is 0 Å². The molecule has 3 nitrogen and oxygen atoms in total. The first-order valence-electron chi connectivity index (χ1n) is 6.29. The smallest absolute Gasteiger partial charge is 0.212 e. The van der Waals surface area contributed by atoms with Gasteiger partial charge in [0.25, 0.3) is 0 Å². The Morgan fingerprint density at radius 2 is 1.76 bits per heavy atom. The minimum atomic E-state index is -3.13. The second-order valence-electron chi connectivity index (χ2n) is 5.91. The molecular formula is C13H27NO2S. The standard InChI is InChI=1S/C13H27NO2S/c1-12(2)10-8-6-7-9-11-17(15,16)14-13(3,4)5/h6,8,12,14H,7,9-11H2,1-5H3/b8-6+. The molecule has 0 aromatic heterocycles. The molecule has 0 rings (SSSR count). The molecule has 4 heteroatoms. The Morgan fingerprint density at radius 3 is 2.24 bits per heavy atom. The van der Waals surface area contributed by atoms with Crippen LogP contribution in [0, 0.1) is 5.92 Å². The second-order valence-corrected chi connectivity index (χ2v) is 7.76. The summed E-state index contributed by atoms with van der Waals surface area (Å²) in [4.78, 5) is 0. The van der Waals surface area contributed by atoms with E-state index in [1.54, 1.807) is 0 Å². The minimum absolute atomic E-state index is 0.205. The molecule has 0 bridgehead atoms. The molecule has 0 saturated heterocycles. The normalized spacial score (nSPS) is 13.8. The van der Waals surface area contributed by atoms with Gasteiger partial charge in [0, 0.05) is 5.54 Å². The third-order valence-corrected chi connectivity index (χ3v) is 3.77. The van der Waals surface area contributed by atoms with Crippen LogP contribution in [0.2, 0.25) is 0 Å². The molecule has 0 aliphatic heterocycles. The van der Waals surface area contributed by atoms with Crippen LogP contribution in [-0.4, -0.2) is 19.7 Å². The lowest BCUT2D eigenvalue weighted by Gasteiger charge is -2.20. The fourth-order valence-corrected chi connectivity index (χ4v) is 2.98. The SMILES string of the molecule is CC(C)C/C=C/CCCS(=O)(=O)NC(C)(C)C. The fourth-order valence-electron chi connectivity index (χ4n) is 1.39. The zero-order valence-electron chi connectivity index (χ0n) is 11.8. The molecule has 0 aromatic rings. The predicted octanol–water partition coefficient (Wildman–Crippen LogP) is 3.09. The lowest BCUT2D eigenvalue weighted by atomic mass is 10.1. The molecule has 0 fully saturated rings. The monoisotopic (exact) mass is 261 g/mol. The summed E-state index contributed by atoms with van der Waals surface area (Å²) in [7, 11) is -3.13. The van der Waals surface area contributed by atoms with Gasteiger partial charge in [-0.1, -0.05) is 26.0 Å². The van der Waals surface area contributed by atoms with E-state index in [1.807, 2.05) is 20.8 Å². The highest BCUT2D eigenvalue weighted by molar-refractivity contribution is 7.89. The third kappa shape index (κ3) is 11.9. The quantitative estimate of drug-likeness (QED) is 0.565. The maximum Gasteiger partial charge on any atom is 0.212 e. The van der Waals surface area contributed by atoms with Crippen molar-refractivity contribution in [3.8, 4) is 0 Å². The first kappa shape index (κ1) is 16.6. The van der Waals surface area contributed by atoms with E-state index in [9.17, 15) is 8.42 Å². The molecular weight excluding hydrogens is 234 g/mol. The van der Waals surface area contributed by atoms with E-state index in [0.29, 0.717) is 12.3 Å². The van der Waals surface area contributed by atoms with Crippen molar-refractivity contribution in [3.05, 3.63) is 12.2 Å². The van der Waals surface area contributed by atoms with Crippen molar-refractivity contribution in [3.63, 3.8) is 0 Å². The highest BCUT2D eigenvalue weighted by Gasteiger charge is 2.18. The third-order valence-electron chi connectivity index (χ3n) is 2.02. The predicted molar refractivity (Wildman–Crippen MR) is 74.5 cm³/mol. The van der Waals surface area contributed by atoms with Crippen LogP contribution >= 0.6 is 0 Å². The Bertz CT molecular complexity index is 324. The molecule has 0 aliphatic carbocycles. The van der Waals surface area contributed by atoms with Crippen molar-refractivity contribution >= 4 is 10.0 Å². The van der Waals surface area contributed by atoms with Crippen LogP contribution < -0.4 is 4.72 Å². The molecule has 102 valence electrons. The van der Waals surface area contributed by atoms with Crippen molar-refractivity contribution < 1.29 is 8.42 Å². The summed E-state index contributed by atoms with van der Waals surface area (Å²) < 4.78 is 26.0. The highest BCUT2D eigenvalue weighted by Crippen LogP contribution is 2.05. The average Bonchev–Trinajstić information content (AvgIpc) is 2.06. The van der Waals surface area contributed by atoms with E-state index in [1.165, 1.54) is 0 Å². The molecule has 0 unspecified atom stereocenters. The largest absolute Gasteiger partial charge is 0.212 e. The van der Waals surface area contributed by atoms with Crippen molar-refractivity contribution in [1.29, 1.82) is 0 Å². The van der Waals surface area contributed by atoms with Crippen LogP contribution in [0.1, 0.15) is 53.9 Å². The Kier molecular flexibility index (Phi) is 7.02. The topological polar surface area (TPSA) is 46.2 Å². The molecule has 0 aliphatic rings. The van der Waals surface area contributed by atoms with Crippen molar-refractivity contribution in [2.45, 2.75) is 59.4 Å². The molecule has 0 heterocycles. The van der Waals surface area contributed by atoms with Crippen LogP contribution in [-0.2, 0) is 10.0 Å². The van der Waals surface area contributed by atoms with Crippen LogP contribution in [0.15, 0.2) is 12.2 Å². The molecule has 17 heavy (non-hydrogen) atoms. The zero-order valence-corrected chi connectivity index (χ0v) is 12.6. The fraction of sp³-hybridized carbons (Fsp3) is 0.846. The van der Waals surface area contributed by atoms with E-state index >= 15 is 0 Å². The molecule has 0 atom stereocenters. The number of rotatable bonds is 7. The first-order valence-corrected chi connectivity index (χ1v) is 7.94. The highest BCUT2D eigenvalue weighted by atomic mass is 32.2. The molecule has 0 radical (unpaired) electrons. The summed E-state index contributed by atoms with van der Waals surface area (Å²) in [5.74, 6) is 0.869. The number of hydrogen-bond donors (Lipinski definition) is 1.